The van der Waals surface area contributed by atoms with Crippen molar-refractivity contribution >= 4 is 11.4 Å². The van der Waals surface area contributed by atoms with Gasteiger partial charge in [0.2, 0.25) is 0 Å². The molecule has 0 bridgehead atoms. The van der Waals surface area contributed by atoms with E-state index in [1.165, 1.54) is 12.5 Å². The van der Waals surface area contributed by atoms with Crippen LogP contribution < -0.4 is 5.73 Å². The molecule has 224 valence electrons. The summed E-state index contributed by atoms with van der Waals surface area (Å²) in [6, 6.07) is 16.6. The Morgan fingerprint density at radius 2 is 1.59 bits per heavy atom. The molecule has 0 saturated carbocycles. The minimum Gasteiger partial charge on any atom is -0.330 e. The van der Waals surface area contributed by atoms with Gasteiger partial charge in [-0.3, -0.25) is 0 Å². The van der Waals surface area contributed by atoms with Gasteiger partial charge in [-0.15, -0.1) is 0 Å². The lowest BCUT2D eigenvalue weighted by molar-refractivity contribution is -0.117. The number of carbonyl (C=O) groups is 1. The van der Waals surface area contributed by atoms with Crippen LogP contribution >= 0.6 is 0 Å². The van der Waals surface area contributed by atoms with Crippen molar-refractivity contribution in [1.82, 2.24) is 0 Å². The van der Waals surface area contributed by atoms with E-state index >= 15 is 0 Å². The number of nitrogens with two attached hydrogens (primary N) is 1. The van der Waals surface area contributed by atoms with Crippen LogP contribution in [0.1, 0.15) is 97.8 Å². The number of Topliss-reactive ketones (excluding diaryl/α,β-unsaturated/α-hetero) is 1. The second-order valence-corrected chi connectivity index (χ2v) is 10.4. The summed E-state index contributed by atoms with van der Waals surface area (Å²) < 4.78 is 12.5. The Balaban J connectivity index is 0. The Labute approximate surface area is 250 Å². The first-order valence-corrected chi connectivity index (χ1v) is 14.5. The highest BCUT2D eigenvalue weighted by molar-refractivity contribution is 5.75. The van der Waals surface area contributed by atoms with Gasteiger partial charge < -0.3 is 10.5 Å². The molecule has 0 heterocycles. The molecule has 0 fully saturated rings. The van der Waals surface area contributed by atoms with Gasteiger partial charge in [-0.05, 0) is 93.5 Å². The highest BCUT2D eigenvalue weighted by Crippen LogP contribution is 2.21. The van der Waals surface area contributed by atoms with Crippen LogP contribution in [0, 0.1) is 23.1 Å². The number of hydrogen-bond donors (Lipinski definition) is 1. The third-order valence-corrected chi connectivity index (χ3v) is 5.87. The van der Waals surface area contributed by atoms with Crippen molar-refractivity contribution in [2.75, 3.05) is 6.54 Å². The maximum atomic E-state index is 12.5. The molecule has 0 amide bonds. The first-order chi connectivity index (χ1) is 19.3. The fourth-order valence-corrected chi connectivity index (χ4v) is 3.20. The zero-order valence-electron chi connectivity index (χ0n) is 26.8. The normalized spacial score (nSPS) is 9.95. The Bertz CT molecular complexity index is 1150. The van der Waals surface area contributed by atoms with Crippen LogP contribution in [-0.4, -0.2) is 12.3 Å². The van der Waals surface area contributed by atoms with E-state index in [4.69, 9.17) is 11.0 Å². The highest BCUT2D eigenvalue weighted by Gasteiger charge is 2.02. The summed E-state index contributed by atoms with van der Waals surface area (Å²) in [5.41, 5.74) is 11.9. The van der Waals surface area contributed by atoms with Gasteiger partial charge in [0.15, 0.2) is 0 Å². The molecule has 41 heavy (non-hydrogen) atoms. The Kier molecular flexibility index (Phi) is 23.4. The van der Waals surface area contributed by atoms with Crippen LogP contribution in [-0.2, 0) is 11.2 Å². The van der Waals surface area contributed by atoms with Gasteiger partial charge in [0.05, 0.1) is 11.6 Å². The van der Waals surface area contributed by atoms with Crippen molar-refractivity contribution in [2.45, 2.75) is 87.5 Å². The number of carbonyl (C=O) groups excluding carboxylic acids is 1. The average Bonchev–Trinajstić information content (AvgIpc) is 2.92. The standard InChI is InChI=1S/C18H19N.C9H11F.C5H11NO.C5H12/c1-13(2)17(14(3)4)11-10-15(5)18-9-7-6-8-16(18)12-19;1-2-4-8-5-3-6-9(10)7-8;1-5(7)3-2-4-6;1-4-5(2)3/h6-11H,1,3H2,2,4-5H3;3,5-7H,2,4H2,1H3;2-4,6H2,1H3;5H,4H2,1-3H3/b15-10+;;;. The summed E-state index contributed by atoms with van der Waals surface area (Å²) in [4.78, 5) is 10.1. The van der Waals surface area contributed by atoms with Crippen LogP contribution in [0.15, 0.2) is 90.6 Å². The topological polar surface area (TPSA) is 66.9 Å². The zero-order valence-corrected chi connectivity index (χ0v) is 26.8. The molecule has 3 nitrogen and oxygen atoms in total. The number of benzene rings is 2. The number of nitriles is 1. The average molecular weight is 561 g/mol. The Hall–Kier alpha value is -3.55. The molecule has 0 atom stereocenters. The largest absolute Gasteiger partial charge is 0.330 e. The molecule has 0 aliphatic heterocycles. The molecule has 2 N–H and O–H groups in total. The van der Waals surface area contributed by atoms with Crippen LogP contribution in [0.5, 0.6) is 0 Å². The summed E-state index contributed by atoms with van der Waals surface area (Å²) in [5, 5.41) is 9.10. The predicted molar refractivity (Wildman–Crippen MR) is 177 cm³/mol. The van der Waals surface area contributed by atoms with Crippen molar-refractivity contribution in [3.05, 3.63) is 113 Å². The summed E-state index contributed by atoms with van der Waals surface area (Å²) >= 11 is 0. The van der Waals surface area contributed by atoms with E-state index < -0.39 is 0 Å². The molecular weight excluding hydrogens is 507 g/mol. The summed E-state index contributed by atoms with van der Waals surface area (Å²) in [5.74, 6) is 0.978. The summed E-state index contributed by atoms with van der Waals surface area (Å²) in [6.07, 6.45) is 8.83. The third kappa shape index (κ3) is 20.9. The van der Waals surface area contributed by atoms with Crippen molar-refractivity contribution in [3.63, 3.8) is 0 Å². The number of halogens is 1. The molecule has 0 unspecified atom stereocenters. The molecule has 2 aromatic carbocycles. The SMILES string of the molecule is C=C(C)C(=C/C=C(\C)c1ccccc1C#N)C(=C)C.CC(=O)CCCN.CCC(C)C.CCCc1cccc(F)c1. The van der Waals surface area contributed by atoms with E-state index in [0.29, 0.717) is 18.5 Å². The van der Waals surface area contributed by atoms with E-state index in [-0.39, 0.29) is 11.6 Å². The van der Waals surface area contributed by atoms with Gasteiger partial charge in [0.25, 0.3) is 0 Å². The number of nitrogens with zero attached hydrogens (tertiary/aromatic N) is 1. The van der Waals surface area contributed by atoms with Crippen molar-refractivity contribution in [3.8, 4) is 6.07 Å². The maximum absolute atomic E-state index is 12.5. The molecule has 2 rings (SSSR count). The number of hydrogen-bond acceptors (Lipinski definition) is 3. The second kappa shape index (κ2) is 24.3. The predicted octanol–water partition coefficient (Wildman–Crippen LogP) is 10.2. The van der Waals surface area contributed by atoms with Gasteiger partial charge in [0.1, 0.15) is 11.6 Å². The van der Waals surface area contributed by atoms with Crippen LogP contribution in [0.2, 0.25) is 0 Å². The minimum absolute atomic E-state index is 0.133. The van der Waals surface area contributed by atoms with Crippen molar-refractivity contribution in [2.24, 2.45) is 11.7 Å². The lowest BCUT2D eigenvalue weighted by atomic mass is 9.98. The molecule has 0 spiro atoms. The van der Waals surface area contributed by atoms with Gasteiger partial charge in [-0.2, -0.15) is 5.26 Å². The molecule has 2 aromatic rings. The van der Waals surface area contributed by atoms with Gasteiger partial charge in [0, 0.05) is 6.42 Å². The smallest absolute Gasteiger partial charge is 0.129 e. The molecule has 0 aliphatic rings. The summed E-state index contributed by atoms with van der Waals surface area (Å²) in [6.45, 7) is 24.8. The monoisotopic (exact) mass is 560 g/mol. The first-order valence-electron chi connectivity index (χ1n) is 14.5. The van der Waals surface area contributed by atoms with Gasteiger partial charge in [-0.25, -0.2) is 4.39 Å². The van der Waals surface area contributed by atoms with Crippen LogP contribution in [0.4, 0.5) is 4.39 Å². The van der Waals surface area contributed by atoms with Crippen LogP contribution in [0.3, 0.4) is 0 Å². The fraction of sp³-hybridized carbons (Fsp3) is 0.405. The molecular formula is C37H53FN2O. The Morgan fingerprint density at radius 3 is 2.00 bits per heavy atom. The Morgan fingerprint density at radius 1 is 1.00 bits per heavy atom. The van der Waals surface area contributed by atoms with E-state index in [1.54, 1.807) is 19.1 Å². The van der Waals surface area contributed by atoms with E-state index in [9.17, 15) is 9.18 Å². The van der Waals surface area contributed by atoms with Gasteiger partial charge in [-0.1, -0.05) is 107 Å². The number of rotatable bonds is 10. The number of aryl methyl sites for hydroxylation is 1. The maximum Gasteiger partial charge on any atom is 0.129 e. The van der Waals surface area contributed by atoms with E-state index in [0.717, 1.165) is 58.6 Å². The second-order valence-electron chi connectivity index (χ2n) is 10.4. The summed E-state index contributed by atoms with van der Waals surface area (Å²) in [7, 11) is 0. The number of allylic oxidation sites excluding steroid dienone is 6. The quantitative estimate of drug-likeness (QED) is 0.294. The third-order valence-electron chi connectivity index (χ3n) is 5.87. The molecule has 0 saturated heterocycles. The minimum atomic E-state index is -0.133. The number of ketones is 1. The van der Waals surface area contributed by atoms with E-state index in [2.05, 4.69) is 46.9 Å². The molecule has 4 heteroatoms. The molecule has 0 radical (unpaired) electrons. The first kappa shape index (κ1) is 39.6. The van der Waals surface area contributed by atoms with Crippen molar-refractivity contribution in [1.29, 1.82) is 5.26 Å². The lowest BCUT2D eigenvalue weighted by Gasteiger charge is -2.06. The lowest BCUT2D eigenvalue weighted by Crippen LogP contribution is -2.00. The van der Waals surface area contributed by atoms with E-state index in [1.807, 2.05) is 63.3 Å². The highest BCUT2D eigenvalue weighted by atomic mass is 19.1. The van der Waals surface area contributed by atoms with Crippen LogP contribution in [0.25, 0.3) is 5.57 Å². The van der Waals surface area contributed by atoms with Crippen molar-refractivity contribution < 1.29 is 9.18 Å². The zero-order chi connectivity index (χ0) is 31.8. The van der Waals surface area contributed by atoms with Gasteiger partial charge >= 0.3 is 0 Å². The molecule has 0 aromatic heterocycles. The fourth-order valence-electron chi connectivity index (χ4n) is 3.20. The molecule has 0 aliphatic carbocycles.